The number of nitrogens with two attached hydrogens (primary N) is 1. The van der Waals surface area contributed by atoms with Crippen LogP contribution in [0, 0.1) is 6.92 Å². The van der Waals surface area contributed by atoms with Crippen molar-refractivity contribution in [1.29, 1.82) is 0 Å². The van der Waals surface area contributed by atoms with Crippen molar-refractivity contribution < 1.29 is 13.2 Å². The lowest BCUT2D eigenvalue weighted by atomic mass is 10.3. The Morgan fingerprint density at radius 1 is 1.42 bits per heavy atom. The molecule has 0 bridgehead atoms. The predicted molar refractivity (Wildman–Crippen MR) is 69.3 cm³/mol. The summed E-state index contributed by atoms with van der Waals surface area (Å²) in [6.07, 6.45) is -4.30. The molecule has 0 aliphatic carbocycles. The van der Waals surface area contributed by atoms with E-state index in [2.05, 4.69) is 15.4 Å². The van der Waals surface area contributed by atoms with E-state index in [-0.39, 0.29) is 11.8 Å². The Bertz CT molecular complexity index is 595. The van der Waals surface area contributed by atoms with Crippen LogP contribution in [0.5, 0.6) is 0 Å². The minimum Gasteiger partial charge on any atom is -0.350 e. The number of anilines is 2. The Morgan fingerprint density at radius 2 is 2.11 bits per heavy atom. The molecule has 3 N–H and O–H groups in total. The van der Waals surface area contributed by atoms with E-state index in [0.717, 1.165) is 9.78 Å². The molecule has 0 saturated carbocycles. The maximum Gasteiger partial charge on any atom is 0.405 e. The maximum absolute atomic E-state index is 12.5. The Kier molecular flexibility index (Phi) is 3.50. The highest BCUT2D eigenvalue weighted by atomic mass is 32.1. The summed E-state index contributed by atoms with van der Waals surface area (Å²) in [7, 11) is 1.34. The first-order valence-electron chi connectivity index (χ1n) is 5.33. The van der Waals surface area contributed by atoms with E-state index < -0.39 is 12.7 Å². The zero-order valence-electron chi connectivity index (χ0n) is 10.2. The number of fused-ring (bicyclic) bond motifs is 1. The third-order valence-corrected chi connectivity index (χ3v) is 3.35. The molecule has 5 nitrogen and oxygen atoms in total. The van der Waals surface area contributed by atoms with Crippen molar-refractivity contribution in [3.05, 3.63) is 10.9 Å². The lowest BCUT2D eigenvalue weighted by molar-refractivity contribution is -0.119. The van der Waals surface area contributed by atoms with Gasteiger partial charge in [-0.25, -0.2) is 10.8 Å². The molecular formula is C10H12F3N5S. The maximum atomic E-state index is 12.5. The predicted octanol–water partition coefficient (Wildman–Crippen LogP) is 2.28. The molecule has 104 valence electrons. The average Bonchev–Trinajstić information content (AvgIpc) is 2.65. The number of aryl methyl sites for hydroxylation is 1. The third-order valence-electron chi connectivity index (χ3n) is 2.40. The van der Waals surface area contributed by atoms with Gasteiger partial charge in [-0.2, -0.15) is 18.2 Å². The summed E-state index contributed by atoms with van der Waals surface area (Å²) in [4.78, 5) is 10.7. The van der Waals surface area contributed by atoms with Gasteiger partial charge < -0.3 is 4.90 Å². The number of nitrogens with zero attached hydrogens (tertiary/aromatic N) is 3. The van der Waals surface area contributed by atoms with Gasteiger partial charge in [0.1, 0.15) is 17.2 Å². The first-order valence-corrected chi connectivity index (χ1v) is 6.14. The highest BCUT2D eigenvalue weighted by molar-refractivity contribution is 7.18. The number of alkyl halides is 3. The molecule has 0 spiro atoms. The van der Waals surface area contributed by atoms with Crippen molar-refractivity contribution in [3.63, 3.8) is 0 Å². The fourth-order valence-electron chi connectivity index (χ4n) is 1.73. The summed E-state index contributed by atoms with van der Waals surface area (Å²) in [6, 6.07) is 1.77. The molecule has 0 aromatic carbocycles. The molecule has 0 atom stereocenters. The largest absolute Gasteiger partial charge is 0.405 e. The number of aromatic nitrogens is 2. The summed E-state index contributed by atoms with van der Waals surface area (Å²) in [6.45, 7) is 0.771. The summed E-state index contributed by atoms with van der Waals surface area (Å²) in [5, 5.41) is 0.591. The number of halogens is 3. The molecule has 19 heavy (non-hydrogen) atoms. The van der Waals surface area contributed by atoms with Gasteiger partial charge in [0.25, 0.3) is 0 Å². The standard InChI is InChI=1S/C10H12F3N5S/c1-5-3-6-7(18(2)4-10(11,12)13)15-9(17-14)16-8(6)19-5/h3H,4,14H2,1-2H3,(H,15,16,17). The van der Waals surface area contributed by atoms with E-state index >= 15 is 0 Å². The summed E-state index contributed by atoms with van der Waals surface area (Å²) >= 11 is 1.38. The number of hydrazine groups is 1. The molecule has 9 heteroatoms. The van der Waals surface area contributed by atoms with Crippen LogP contribution in [-0.4, -0.2) is 29.7 Å². The van der Waals surface area contributed by atoms with Crippen molar-refractivity contribution in [3.8, 4) is 0 Å². The zero-order valence-corrected chi connectivity index (χ0v) is 11.1. The number of rotatable bonds is 3. The summed E-state index contributed by atoms with van der Waals surface area (Å²) < 4.78 is 37.4. The van der Waals surface area contributed by atoms with Crippen LogP contribution in [0.4, 0.5) is 24.9 Å². The number of hydrogen-bond acceptors (Lipinski definition) is 6. The molecule has 0 fully saturated rings. The smallest absolute Gasteiger partial charge is 0.350 e. The van der Waals surface area contributed by atoms with E-state index in [4.69, 9.17) is 5.84 Å². The highest BCUT2D eigenvalue weighted by Crippen LogP contribution is 2.32. The Morgan fingerprint density at radius 3 is 2.68 bits per heavy atom. The molecule has 0 radical (unpaired) electrons. The Labute approximate surface area is 111 Å². The number of thiophene rings is 1. The zero-order chi connectivity index (χ0) is 14.2. The molecule has 0 saturated heterocycles. The fourth-order valence-corrected chi connectivity index (χ4v) is 2.60. The van der Waals surface area contributed by atoms with Gasteiger partial charge in [-0.1, -0.05) is 0 Å². The second-order valence-corrected chi connectivity index (χ2v) is 5.30. The van der Waals surface area contributed by atoms with Crippen LogP contribution >= 0.6 is 11.3 Å². The lowest BCUT2D eigenvalue weighted by Gasteiger charge is -2.20. The second-order valence-electron chi connectivity index (χ2n) is 4.06. The molecule has 0 aliphatic rings. The van der Waals surface area contributed by atoms with Crippen LogP contribution in [0.25, 0.3) is 10.2 Å². The van der Waals surface area contributed by atoms with Gasteiger partial charge in [0.2, 0.25) is 5.95 Å². The van der Waals surface area contributed by atoms with Gasteiger partial charge in [0.05, 0.1) is 5.39 Å². The Hall–Kier alpha value is -1.61. The highest BCUT2D eigenvalue weighted by Gasteiger charge is 2.30. The van der Waals surface area contributed by atoms with Crippen molar-refractivity contribution in [2.45, 2.75) is 13.1 Å². The van der Waals surface area contributed by atoms with Crippen molar-refractivity contribution >= 4 is 33.3 Å². The van der Waals surface area contributed by atoms with Crippen LogP contribution < -0.4 is 16.2 Å². The monoisotopic (exact) mass is 291 g/mol. The topological polar surface area (TPSA) is 67.1 Å². The van der Waals surface area contributed by atoms with Gasteiger partial charge in [0, 0.05) is 11.9 Å². The normalized spacial score (nSPS) is 11.9. The Balaban J connectivity index is 2.50. The van der Waals surface area contributed by atoms with E-state index in [1.54, 1.807) is 6.07 Å². The molecule has 2 heterocycles. The minimum atomic E-state index is -4.30. The van der Waals surface area contributed by atoms with Crippen LogP contribution in [0.1, 0.15) is 4.88 Å². The number of nitrogen functional groups attached to an aromatic ring is 1. The average molecular weight is 291 g/mol. The molecule has 0 amide bonds. The van der Waals surface area contributed by atoms with Crippen LogP contribution in [-0.2, 0) is 0 Å². The second kappa shape index (κ2) is 4.82. The van der Waals surface area contributed by atoms with Gasteiger partial charge in [-0.15, -0.1) is 11.3 Å². The van der Waals surface area contributed by atoms with Gasteiger partial charge in [-0.05, 0) is 13.0 Å². The van der Waals surface area contributed by atoms with Crippen LogP contribution in [0.2, 0.25) is 0 Å². The van der Waals surface area contributed by atoms with E-state index in [1.807, 2.05) is 6.92 Å². The lowest BCUT2D eigenvalue weighted by Crippen LogP contribution is -2.31. The molecular weight excluding hydrogens is 279 g/mol. The van der Waals surface area contributed by atoms with Crippen molar-refractivity contribution in [2.24, 2.45) is 5.84 Å². The molecule has 2 rings (SSSR count). The summed E-state index contributed by atoms with van der Waals surface area (Å²) in [5.74, 6) is 5.54. The first kappa shape index (κ1) is 13.8. The number of nitrogens with one attached hydrogen (secondary N) is 1. The summed E-state index contributed by atoms with van der Waals surface area (Å²) in [5.41, 5.74) is 2.26. The minimum absolute atomic E-state index is 0.0957. The number of hydrogen-bond donors (Lipinski definition) is 2. The van der Waals surface area contributed by atoms with Gasteiger partial charge in [0.15, 0.2) is 0 Å². The quantitative estimate of drug-likeness (QED) is 0.671. The third kappa shape index (κ3) is 3.04. The van der Waals surface area contributed by atoms with Gasteiger partial charge >= 0.3 is 6.18 Å². The van der Waals surface area contributed by atoms with Crippen molar-refractivity contribution in [2.75, 3.05) is 23.9 Å². The van der Waals surface area contributed by atoms with Crippen LogP contribution in [0.3, 0.4) is 0 Å². The van der Waals surface area contributed by atoms with E-state index in [9.17, 15) is 13.2 Å². The van der Waals surface area contributed by atoms with Crippen LogP contribution in [0.15, 0.2) is 6.07 Å². The molecule has 2 aromatic rings. The SMILES string of the molecule is Cc1cc2c(N(C)CC(F)(F)F)nc(NN)nc2s1. The fraction of sp³-hybridized carbons (Fsp3) is 0.400. The van der Waals surface area contributed by atoms with E-state index in [1.165, 1.54) is 18.4 Å². The van der Waals surface area contributed by atoms with E-state index in [0.29, 0.717) is 10.2 Å². The molecule has 0 unspecified atom stereocenters. The molecule has 2 aromatic heterocycles. The van der Waals surface area contributed by atoms with Gasteiger partial charge in [-0.3, -0.25) is 5.43 Å². The molecule has 0 aliphatic heterocycles. The van der Waals surface area contributed by atoms with Crippen molar-refractivity contribution in [1.82, 2.24) is 9.97 Å². The first-order chi connectivity index (χ1) is 8.80.